The lowest BCUT2D eigenvalue weighted by Gasteiger charge is -2.21. The minimum atomic E-state index is -0.871. The average molecular weight is 341 g/mol. The second-order valence-electron chi connectivity index (χ2n) is 5.88. The molecule has 0 aromatic heterocycles. The monoisotopic (exact) mass is 340 g/mol. The van der Waals surface area contributed by atoms with Crippen LogP contribution in [0.25, 0.3) is 0 Å². The van der Waals surface area contributed by atoms with Crippen LogP contribution in [0, 0.1) is 5.41 Å². The molecule has 7 heteroatoms. The minimum Gasteiger partial charge on any atom is -0.493 e. The number of halogens is 1. The molecule has 0 radical (unpaired) electrons. The Morgan fingerprint density at radius 1 is 1.48 bits per heavy atom. The van der Waals surface area contributed by atoms with Crippen LogP contribution in [-0.4, -0.2) is 41.7 Å². The zero-order valence-electron chi connectivity index (χ0n) is 13.3. The standard InChI is InChI=1S/C16H21ClN2O4/c1-3-23-13-8-12(17)5-4-11(13)9-18-15(22)19-7-6-16(2,10-19)14(20)21/h4-5,8H,3,6-7,9-10H2,1-2H3,(H,18,22)(H,20,21). The number of rotatable bonds is 5. The fourth-order valence-electron chi connectivity index (χ4n) is 2.56. The van der Waals surface area contributed by atoms with Gasteiger partial charge < -0.3 is 20.1 Å². The van der Waals surface area contributed by atoms with E-state index in [2.05, 4.69) is 5.32 Å². The topological polar surface area (TPSA) is 78.9 Å². The molecule has 0 bridgehead atoms. The first-order valence-electron chi connectivity index (χ1n) is 7.53. The van der Waals surface area contributed by atoms with Crippen LogP contribution in [0.4, 0.5) is 4.79 Å². The molecule has 0 aliphatic carbocycles. The van der Waals surface area contributed by atoms with Gasteiger partial charge in [0.15, 0.2) is 0 Å². The molecular formula is C16H21ClN2O4. The van der Waals surface area contributed by atoms with Gasteiger partial charge in [0.25, 0.3) is 0 Å². The summed E-state index contributed by atoms with van der Waals surface area (Å²) in [6.45, 7) is 4.99. The molecule has 2 N–H and O–H groups in total. The molecule has 1 heterocycles. The molecule has 1 aromatic rings. The molecule has 1 unspecified atom stereocenters. The summed E-state index contributed by atoms with van der Waals surface area (Å²) in [7, 11) is 0. The maximum absolute atomic E-state index is 12.2. The van der Waals surface area contributed by atoms with Gasteiger partial charge in [-0.2, -0.15) is 0 Å². The van der Waals surface area contributed by atoms with Crippen molar-refractivity contribution < 1.29 is 19.4 Å². The maximum Gasteiger partial charge on any atom is 0.317 e. The number of carboxylic acids is 1. The summed E-state index contributed by atoms with van der Waals surface area (Å²) in [4.78, 5) is 25.0. The van der Waals surface area contributed by atoms with Gasteiger partial charge in [-0.3, -0.25) is 4.79 Å². The van der Waals surface area contributed by atoms with Crippen molar-refractivity contribution >= 4 is 23.6 Å². The summed E-state index contributed by atoms with van der Waals surface area (Å²) in [5.41, 5.74) is -0.0431. The number of likely N-dealkylation sites (tertiary alicyclic amines) is 1. The lowest BCUT2D eigenvalue weighted by Crippen LogP contribution is -2.40. The fraction of sp³-hybridized carbons (Fsp3) is 0.500. The number of benzene rings is 1. The Balaban J connectivity index is 1.96. The molecular weight excluding hydrogens is 320 g/mol. The van der Waals surface area contributed by atoms with Crippen molar-refractivity contribution in [3.8, 4) is 5.75 Å². The van der Waals surface area contributed by atoms with Gasteiger partial charge in [-0.15, -0.1) is 0 Å². The molecule has 1 aliphatic rings. The molecule has 0 saturated carbocycles. The molecule has 0 spiro atoms. The summed E-state index contributed by atoms with van der Waals surface area (Å²) in [6, 6.07) is 4.98. The van der Waals surface area contributed by atoms with E-state index in [-0.39, 0.29) is 12.6 Å². The number of hydrogen-bond acceptors (Lipinski definition) is 3. The molecule has 1 aliphatic heterocycles. The molecule has 1 saturated heterocycles. The Morgan fingerprint density at radius 3 is 2.83 bits per heavy atom. The number of nitrogens with zero attached hydrogens (tertiary/aromatic N) is 1. The number of carbonyl (C=O) groups is 2. The molecule has 1 atom stereocenters. The van der Waals surface area contributed by atoms with Crippen molar-refractivity contribution in [2.45, 2.75) is 26.8 Å². The third-order valence-electron chi connectivity index (χ3n) is 4.04. The number of amides is 2. The lowest BCUT2D eigenvalue weighted by atomic mass is 9.90. The fourth-order valence-corrected chi connectivity index (χ4v) is 2.72. The van der Waals surface area contributed by atoms with Crippen molar-refractivity contribution in [1.82, 2.24) is 10.2 Å². The quantitative estimate of drug-likeness (QED) is 0.863. The van der Waals surface area contributed by atoms with Crippen LogP contribution in [0.1, 0.15) is 25.8 Å². The van der Waals surface area contributed by atoms with Crippen molar-refractivity contribution in [2.75, 3.05) is 19.7 Å². The van der Waals surface area contributed by atoms with Gasteiger partial charge in [-0.1, -0.05) is 17.7 Å². The van der Waals surface area contributed by atoms with Crippen molar-refractivity contribution in [1.29, 1.82) is 0 Å². The van der Waals surface area contributed by atoms with E-state index in [1.165, 1.54) is 4.90 Å². The summed E-state index contributed by atoms with van der Waals surface area (Å²) in [5, 5.41) is 12.6. The van der Waals surface area contributed by atoms with Gasteiger partial charge >= 0.3 is 12.0 Å². The highest BCUT2D eigenvalue weighted by molar-refractivity contribution is 6.30. The summed E-state index contributed by atoms with van der Waals surface area (Å²) < 4.78 is 5.51. The summed E-state index contributed by atoms with van der Waals surface area (Å²) >= 11 is 5.95. The molecule has 1 aromatic carbocycles. The largest absolute Gasteiger partial charge is 0.493 e. The van der Waals surface area contributed by atoms with E-state index in [1.54, 1.807) is 25.1 Å². The van der Waals surface area contributed by atoms with Crippen LogP contribution < -0.4 is 10.1 Å². The number of carboxylic acid groups (broad SMARTS) is 1. The van der Waals surface area contributed by atoms with Crippen molar-refractivity contribution in [2.24, 2.45) is 5.41 Å². The number of ether oxygens (including phenoxy) is 1. The first-order chi connectivity index (χ1) is 10.9. The SMILES string of the molecule is CCOc1cc(Cl)ccc1CNC(=O)N1CCC(C)(C(=O)O)C1. The highest BCUT2D eigenvalue weighted by Crippen LogP contribution is 2.30. The van der Waals surface area contributed by atoms with Crippen molar-refractivity contribution in [3.63, 3.8) is 0 Å². The Bertz CT molecular complexity index is 608. The number of urea groups is 1. The van der Waals surface area contributed by atoms with Crippen LogP contribution in [0.5, 0.6) is 5.75 Å². The van der Waals surface area contributed by atoms with Crippen LogP contribution in [0.15, 0.2) is 18.2 Å². The zero-order valence-corrected chi connectivity index (χ0v) is 14.0. The predicted molar refractivity (Wildman–Crippen MR) is 86.8 cm³/mol. The normalized spacial score (nSPS) is 20.4. The van der Waals surface area contributed by atoms with Crippen LogP contribution >= 0.6 is 11.6 Å². The first-order valence-corrected chi connectivity index (χ1v) is 7.91. The van der Waals surface area contributed by atoms with E-state index in [1.807, 2.05) is 6.92 Å². The van der Waals surface area contributed by atoms with Gasteiger partial charge in [0, 0.05) is 30.2 Å². The highest BCUT2D eigenvalue weighted by atomic mass is 35.5. The second kappa shape index (κ2) is 7.08. The third kappa shape index (κ3) is 4.07. The van der Waals surface area contributed by atoms with Gasteiger partial charge in [0.05, 0.1) is 12.0 Å². The molecule has 2 amide bonds. The second-order valence-corrected chi connectivity index (χ2v) is 6.32. The van der Waals surface area contributed by atoms with E-state index >= 15 is 0 Å². The Labute approximate surface area is 140 Å². The first kappa shape index (κ1) is 17.4. The molecule has 23 heavy (non-hydrogen) atoms. The lowest BCUT2D eigenvalue weighted by molar-refractivity contribution is -0.147. The predicted octanol–water partition coefficient (Wildman–Crippen LogP) is 2.74. The van der Waals surface area contributed by atoms with E-state index in [4.69, 9.17) is 16.3 Å². The van der Waals surface area contributed by atoms with E-state index in [9.17, 15) is 14.7 Å². The number of hydrogen-bond donors (Lipinski definition) is 2. The van der Waals surface area contributed by atoms with E-state index in [0.717, 1.165) is 5.56 Å². The Kier molecular flexibility index (Phi) is 5.36. The molecule has 1 fully saturated rings. The Hall–Kier alpha value is -1.95. The van der Waals surface area contributed by atoms with Gasteiger partial charge in [-0.05, 0) is 32.4 Å². The Morgan fingerprint density at radius 2 is 2.22 bits per heavy atom. The average Bonchev–Trinajstić information content (AvgIpc) is 2.91. The number of aliphatic carboxylic acids is 1. The number of carbonyl (C=O) groups excluding carboxylic acids is 1. The van der Waals surface area contributed by atoms with Crippen LogP contribution in [0.2, 0.25) is 5.02 Å². The van der Waals surface area contributed by atoms with E-state index < -0.39 is 11.4 Å². The van der Waals surface area contributed by atoms with Gasteiger partial charge in [0.2, 0.25) is 0 Å². The third-order valence-corrected chi connectivity index (χ3v) is 4.27. The highest BCUT2D eigenvalue weighted by Gasteiger charge is 2.42. The molecule has 2 rings (SSSR count). The van der Waals surface area contributed by atoms with Crippen LogP contribution in [-0.2, 0) is 11.3 Å². The van der Waals surface area contributed by atoms with Crippen LogP contribution in [0.3, 0.4) is 0 Å². The maximum atomic E-state index is 12.2. The smallest absolute Gasteiger partial charge is 0.317 e. The molecule has 126 valence electrons. The van der Waals surface area contributed by atoms with E-state index in [0.29, 0.717) is 36.9 Å². The minimum absolute atomic E-state index is 0.215. The molecule has 6 nitrogen and oxygen atoms in total. The van der Waals surface area contributed by atoms with Gasteiger partial charge in [-0.25, -0.2) is 4.79 Å². The van der Waals surface area contributed by atoms with Gasteiger partial charge in [0.1, 0.15) is 5.75 Å². The summed E-state index contributed by atoms with van der Waals surface area (Å²) in [6.07, 6.45) is 0.459. The zero-order chi connectivity index (χ0) is 17.0. The van der Waals surface area contributed by atoms with Crippen molar-refractivity contribution in [3.05, 3.63) is 28.8 Å². The summed E-state index contributed by atoms with van der Waals surface area (Å²) in [5.74, 6) is -0.235. The number of nitrogens with one attached hydrogen (secondary N) is 1.